The van der Waals surface area contributed by atoms with Crippen LogP contribution >= 0.6 is 0 Å². The number of aryl methyl sites for hydroxylation is 1. The number of anilines is 2. The number of carbonyl (C=O) groups excluding carboxylic acids is 1. The summed E-state index contributed by atoms with van der Waals surface area (Å²) >= 11 is 0. The van der Waals surface area contributed by atoms with Gasteiger partial charge in [0, 0.05) is 50.2 Å². The van der Waals surface area contributed by atoms with Crippen molar-refractivity contribution in [2.75, 3.05) is 44.8 Å². The third kappa shape index (κ3) is 4.50. The highest BCUT2D eigenvalue weighted by molar-refractivity contribution is 5.94. The van der Waals surface area contributed by atoms with E-state index >= 15 is 0 Å². The highest BCUT2D eigenvalue weighted by Gasteiger charge is 2.23. The molecule has 11 heteroatoms. The number of morpholine rings is 1. The quantitative estimate of drug-likeness (QED) is 0.440. The van der Waals surface area contributed by atoms with Crippen LogP contribution in [0.5, 0.6) is 5.88 Å². The van der Waals surface area contributed by atoms with Gasteiger partial charge in [0.15, 0.2) is 0 Å². The van der Waals surface area contributed by atoms with E-state index in [1.807, 2.05) is 59.2 Å². The van der Waals surface area contributed by atoms with Crippen LogP contribution in [0.1, 0.15) is 16.8 Å². The fourth-order valence-corrected chi connectivity index (χ4v) is 4.44. The molecule has 1 amide bonds. The molecule has 2 aliphatic heterocycles. The minimum atomic E-state index is -0.0707. The molecule has 0 radical (unpaired) electrons. The van der Waals surface area contributed by atoms with Gasteiger partial charge in [0.05, 0.1) is 43.8 Å². The molecule has 11 nitrogen and oxygen atoms in total. The number of hydrogen-bond acceptors (Lipinski definition) is 8. The molecule has 1 aromatic carbocycles. The maximum absolute atomic E-state index is 12.7. The summed E-state index contributed by atoms with van der Waals surface area (Å²) in [7, 11) is 1.88. The zero-order valence-electron chi connectivity index (χ0n) is 20.0. The second kappa shape index (κ2) is 9.59. The van der Waals surface area contributed by atoms with Crippen molar-refractivity contribution in [3.05, 3.63) is 54.5 Å². The minimum Gasteiger partial charge on any atom is -0.470 e. The van der Waals surface area contributed by atoms with Gasteiger partial charge in [0.1, 0.15) is 11.6 Å². The Hall–Kier alpha value is -3.96. The maximum atomic E-state index is 12.7. The lowest BCUT2D eigenvalue weighted by molar-refractivity contribution is 0.0303. The first-order valence-electron chi connectivity index (χ1n) is 12.0. The topological polar surface area (TPSA) is 109 Å². The molecule has 5 heterocycles. The number of carbonyl (C=O) groups is 1. The summed E-state index contributed by atoms with van der Waals surface area (Å²) in [6.07, 6.45) is 6.38. The van der Waals surface area contributed by atoms with Gasteiger partial charge in [-0.05, 0) is 30.3 Å². The third-order valence-electron chi connectivity index (χ3n) is 6.32. The van der Waals surface area contributed by atoms with E-state index in [1.165, 1.54) is 0 Å². The van der Waals surface area contributed by atoms with Crippen LogP contribution < -0.4 is 10.1 Å². The Morgan fingerprint density at radius 1 is 1.08 bits per heavy atom. The Bertz CT molecular complexity index is 1370. The van der Waals surface area contributed by atoms with Crippen LogP contribution in [-0.2, 0) is 16.5 Å². The Morgan fingerprint density at radius 3 is 2.64 bits per heavy atom. The Labute approximate surface area is 207 Å². The van der Waals surface area contributed by atoms with Gasteiger partial charge in [-0.15, -0.1) is 0 Å². The van der Waals surface area contributed by atoms with Gasteiger partial charge in [-0.1, -0.05) is 0 Å². The molecule has 3 aromatic heterocycles. The smallest absolute Gasteiger partial charge is 0.254 e. The number of nitrogens with one attached hydrogen (secondary N) is 1. The van der Waals surface area contributed by atoms with Crippen molar-refractivity contribution in [3.63, 3.8) is 0 Å². The Balaban J connectivity index is 1.28. The first-order chi connectivity index (χ1) is 17.6. The predicted octanol–water partition coefficient (Wildman–Crippen LogP) is 2.54. The number of fused-ring (bicyclic) bond motifs is 1. The zero-order valence-corrected chi connectivity index (χ0v) is 20.0. The second-order valence-electron chi connectivity index (χ2n) is 8.85. The summed E-state index contributed by atoms with van der Waals surface area (Å²) < 4.78 is 20.8. The van der Waals surface area contributed by atoms with Gasteiger partial charge in [-0.3, -0.25) is 9.48 Å². The predicted molar refractivity (Wildman–Crippen MR) is 132 cm³/mol. The van der Waals surface area contributed by atoms with Crippen molar-refractivity contribution < 1.29 is 19.0 Å². The summed E-state index contributed by atoms with van der Waals surface area (Å²) in [5, 5.41) is 7.54. The van der Waals surface area contributed by atoms with Crippen LogP contribution in [0.2, 0.25) is 0 Å². The van der Waals surface area contributed by atoms with Crippen molar-refractivity contribution >= 4 is 28.6 Å². The average Bonchev–Trinajstić information content (AvgIpc) is 3.66. The highest BCUT2D eigenvalue weighted by atomic mass is 16.5. The van der Waals surface area contributed by atoms with Crippen LogP contribution in [0.25, 0.3) is 16.7 Å². The van der Waals surface area contributed by atoms with Crippen LogP contribution in [-0.4, -0.2) is 80.7 Å². The van der Waals surface area contributed by atoms with E-state index in [2.05, 4.69) is 10.4 Å². The summed E-state index contributed by atoms with van der Waals surface area (Å²) in [6, 6.07) is 9.26. The monoisotopic (exact) mass is 489 g/mol. The van der Waals surface area contributed by atoms with Gasteiger partial charge < -0.3 is 29.0 Å². The van der Waals surface area contributed by atoms with Gasteiger partial charge in [0.25, 0.3) is 5.91 Å². The molecular formula is C25H27N7O4. The fraction of sp³-hybridized carbons (Fsp3) is 0.360. The molecule has 4 aromatic rings. The van der Waals surface area contributed by atoms with Gasteiger partial charge in [-0.2, -0.15) is 10.1 Å². The van der Waals surface area contributed by atoms with Gasteiger partial charge >= 0.3 is 0 Å². The van der Waals surface area contributed by atoms with Crippen molar-refractivity contribution in [1.29, 1.82) is 0 Å². The number of amides is 1. The highest BCUT2D eigenvalue weighted by Crippen LogP contribution is 2.30. The zero-order chi connectivity index (χ0) is 24.5. The van der Waals surface area contributed by atoms with E-state index in [9.17, 15) is 4.79 Å². The molecule has 0 bridgehead atoms. The van der Waals surface area contributed by atoms with Crippen molar-refractivity contribution in [2.24, 2.45) is 7.05 Å². The van der Waals surface area contributed by atoms with Crippen LogP contribution in [0.15, 0.2) is 48.9 Å². The van der Waals surface area contributed by atoms with Gasteiger partial charge in [-0.25, -0.2) is 4.98 Å². The summed E-state index contributed by atoms with van der Waals surface area (Å²) in [5.74, 6) is 0.896. The average molecular weight is 490 g/mol. The lowest BCUT2D eigenvalue weighted by atomic mass is 10.1. The van der Waals surface area contributed by atoms with Crippen molar-refractivity contribution in [2.45, 2.75) is 12.5 Å². The summed E-state index contributed by atoms with van der Waals surface area (Å²) in [6.45, 7) is 3.57. The molecule has 0 unspecified atom stereocenters. The Morgan fingerprint density at radius 2 is 1.92 bits per heavy atom. The first-order valence-corrected chi connectivity index (χ1v) is 12.0. The van der Waals surface area contributed by atoms with Crippen LogP contribution in [0, 0.1) is 0 Å². The molecule has 0 saturated carbocycles. The Kier molecular flexibility index (Phi) is 5.99. The van der Waals surface area contributed by atoms with E-state index in [0.29, 0.717) is 56.9 Å². The molecule has 6 rings (SSSR count). The fourth-order valence-electron chi connectivity index (χ4n) is 4.44. The van der Waals surface area contributed by atoms with Gasteiger partial charge in [0.2, 0.25) is 11.8 Å². The SMILES string of the molecule is Cn1cc(-n2ccc3nc(Nc4ccc(C(=O)N5CCOCC5)cc4)nc(O[C@H]4CCOC4)c32)cn1. The summed E-state index contributed by atoms with van der Waals surface area (Å²) in [5.41, 5.74) is 3.81. The molecule has 2 fully saturated rings. The number of aromatic nitrogens is 5. The molecule has 186 valence electrons. The molecule has 0 spiro atoms. The van der Waals surface area contributed by atoms with Crippen molar-refractivity contribution in [3.8, 4) is 11.6 Å². The van der Waals surface area contributed by atoms with E-state index < -0.39 is 0 Å². The first kappa shape index (κ1) is 22.5. The lowest BCUT2D eigenvalue weighted by Crippen LogP contribution is -2.40. The number of nitrogens with zero attached hydrogens (tertiary/aromatic N) is 6. The number of rotatable bonds is 6. The number of benzene rings is 1. The van der Waals surface area contributed by atoms with Crippen LogP contribution in [0.3, 0.4) is 0 Å². The van der Waals surface area contributed by atoms with Crippen LogP contribution in [0.4, 0.5) is 11.6 Å². The molecule has 1 atom stereocenters. The lowest BCUT2D eigenvalue weighted by Gasteiger charge is -2.26. The largest absolute Gasteiger partial charge is 0.470 e. The van der Waals surface area contributed by atoms with E-state index in [4.69, 9.17) is 24.2 Å². The molecular weight excluding hydrogens is 462 g/mol. The second-order valence-corrected chi connectivity index (χ2v) is 8.85. The standard InChI is InChI=1S/C25H27N7O4/c1-30-15-19(14-26-30)32-8-6-21-22(32)23(36-20-7-11-35-16-20)29-25(28-21)27-18-4-2-17(3-5-18)24(33)31-9-12-34-13-10-31/h2-6,8,14-15,20H,7,9-13,16H2,1H3,(H,27,28,29)/t20-/m0/s1. The van der Waals surface area contributed by atoms with E-state index in [1.54, 1.807) is 10.9 Å². The van der Waals surface area contributed by atoms with E-state index in [0.717, 1.165) is 28.8 Å². The minimum absolute atomic E-state index is 0.00808. The maximum Gasteiger partial charge on any atom is 0.254 e. The number of ether oxygens (including phenoxy) is 3. The normalized spacial score (nSPS) is 18.0. The third-order valence-corrected chi connectivity index (χ3v) is 6.32. The molecule has 36 heavy (non-hydrogen) atoms. The molecule has 2 aliphatic rings. The molecule has 2 saturated heterocycles. The molecule has 1 N–H and O–H groups in total. The van der Waals surface area contributed by atoms with Crippen molar-refractivity contribution in [1.82, 2.24) is 29.2 Å². The summed E-state index contributed by atoms with van der Waals surface area (Å²) in [4.78, 5) is 24.0. The number of hydrogen-bond donors (Lipinski definition) is 1. The molecule has 0 aliphatic carbocycles. The van der Waals surface area contributed by atoms with E-state index in [-0.39, 0.29) is 12.0 Å².